The van der Waals surface area contributed by atoms with Crippen LogP contribution in [-0.2, 0) is 9.59 Å². The van der Waals surface area contributed by atoms with E-state index in [-0.39, 0.29) is 17.8 Å². The summed E-state index contributed by atoms with van der Waals surface area (Å²) in [4.78, 5) is 22.5. The molecular weight excluding hydrogens is 210 g/mol. The Morgan fingerprint density at radius 2 is 2.19 bits per heavy atom. The summed E-state index contributed by atoms with van der Waals surface area (Å²) in [5.41, 5.74) is 3.90. The highest BCUT2D eigenvalue weighted by molar-refractivity contribution is 5.97. The first-order valence-electron chi connectivity index (χ1n) is 5.06. The van der Waals surface area contributed by atoms with E-state index in [1.807, 2.05) is 6.92 Å². The monoisotopic (exact) mass is 225 g/mol. The second-order valence-electron chi connectivity index (χ2n) is 3.80. The number of carbonyl (C=O) groups is 2. The smallest absolute Gasteiger partial charge is 0.334 e. The van der Waals surface area contributed by atoms with Gasteiger partial charge in [-0.1, -0.05) is 19.1 Å². The zero-order chi connectivity index (χ0) is 12.3. The zero-order valence-corrected chi connectivity index (χ0v) is 9.01. The molecule has 0 bridgehead atoms. The van der Waals surface area contributed by atoms with E-state index in [9.17, 15) is 14.7 Å². The van der Waals surface area contributed by atoms with Gasteiger partial charge in [-0.15, -0.1) is 0 Å². The molecule has 88 valence electrons. The second kappa shape index (κ2) is 4.59. The summed E-state index contributed by atoms with van der Waals surface area (Å²) >= 11 is 0. The average Bonchev–Trinajstić information content (AvgIpc) is 2.22. The highest BCUT2D eigenvalue weighted by atomic mass is 16.4. The average molecular weight is 225 g/mol. The molecule has 0 aliphatic heterocycles. The van der Waals surface area contributed by atoms with Crippen LogP contribution in [0.5, 0.6) is 0 Å². The van der Waals surface area contributed by atoms with Crippen LogP contribution in [0.2, 0.25) is 0 Å². The van der Waals surface area contributed by atoms with E-state index in [1.165, 1.54) is 18.2 Å². The van der Waals surface area contributed by atoms with E-state index in [4.69, 9.17) is 10.8 Å². The maximum absolute atomic E-state index is 11.7. The van der Waals surface area contributed by atoms with Gasteiger partial charge in [-0.25, -0.2) is 4.79 Å². The van der Waals surface area contributed by atoms with Crippen molar-refractivity contribution < 1.29 is 19.8 Å². The molecule has 0 heterocycles. The summed E-state index contributed by atoms with van der Waals surface area (Å²) in [7, 11) is 0. The maximum atomic E-state index is 11.7. The first-order chi connectivity index (χ1) is 7.43. The lowest BCUT2D eigenvalue weighted by Gasteiger charge is -2.32. The Morgan fingerprint density at radius 3 is 2.69 bits per heavy atom. The number of carboxylic acids is 1. The number of rotatable bonds is 4. The predicted octanol–water partition coefficient (Wildman–Crippen LogP) is -0.00520. The van der Waals surface area contributed by atoms with Gasteiger partial charge in [0.05, 0.1) is 5.57 Å². The highest BCUT2D eigenvalue weighted by Gasteiger charge is 2.43. The standard InChI is InChI=1S/C11H15NO4/c1-2-4-8(13)11(12)6-3-5-7(9(11)14)10(15)16/h3,5-6,9,14H,2,4,12H2,1H3,(H,15,16). The number of carboxylic acid groups (broad SMARTS) is 1. The topological polar surface area (TPSA) is 101 Å². The van der Waals surface area contributed by atoms with Gasteiger partial charge in [0, 0.05) is 6.42 Å². The second-order valence-corrected chi connectivity index (χ2v) is 3.80. The van der Waals surface area contributed by atoms with Crippen LogP contribution in [-0.4, -0.2) is 33.6 Å². The third-order valence-corrected chi connectivity index (χ3v) is 2.60. The first kappa shape index (κ1) is 12.6. The van der Waals surface area contributed by atoms with Crippen LogP contribution in [0, 0.1) is 0 Å². The number of Topliss-reactive ketones (excluding diaryl/α,β-unsaturated/α-hetero) is 1. The van der Waals surface area contributed by atoms with Gasteiger partial charge in [0.1, 0.15) is 11.6 Å². The van der Waals surface area contributed by atoms with Gasteiger partial charge >= 0.3 is 5.97 Å². The molecule has 0 aromatic heterocycles. The largest absolute Gasteiger partial charge is 0.478 e. The van der Waals surface area contributed by atoms with Gasteiger partial charge in [0.2, 0.25) is 0 Å². The third-order valence-electron chi connectivity index (χ3n) is 2.60. The van der Waals surface area contributed by atoms with Crippen molar-refractivity contribution >= 4 is 11.8 Å². The number of aliphatic hydroxyl groups excluding tert-OH is 1. The molecule has 0 aromatic rings. The van der Waals surface area contributed by atoms with Gasteiger partial charge in [-0.05, 0) is 12.5 Å². The molecule has 1 rings (SSSR count). The van der Waals surface area contributed by atoms with Crippen molar-refractivity contribution in [1.82, 2.24) is 0 Å². The first-order valence-corrected chi connectivity index (χ1v) is 5.06. The molecular formula is C11H15NO4. The fourth-order valence-electron chi connectivity index (χ4n) is 1.63. The van der Waals surface area contributed by atoms with Crippen LogP contribution < -0.4 is 5.73 Å². The molecule has 0 aromatic carbocycles. The minimum Gasteiger partial charge on any atom is -0.478 e. The Labute approximate surface area is 93.3 Å². The van der Waals surface area contributed by atoms with Crippen LogP contribution in [0.1, 0.15) is 19.8 Å². The third kappa shape index (κ3) is 2.05. The molecule has 1 aliphatic rings. The molecule has 2 atom stereocenters. The number of allylic oxidation sites excluding steroid dienone is 2. The Kier molecular flexibility index (Phi) is 3.62. The van der Waals surface area contributed by atoms with Crippen molar-refractivity contribution in [1.29, 1.82) is 0 Å². The lowest BCUT2D eigenvalue weighted by molar-refractivity contribution is -0.134. The van der Waals surface area contributed by atoms with Crippen LogP contribution in [0.25, 0.3) is 0 Å². The van der Waals surface area contributed by atoms with Crippen LogP contribution >= 0.6 is 0 Å². The fourth-order valence-corrected chi connectivity index (χ4v) is 1.63. The molecule has 0 radical (unpaired) electrons. The van der Waals surface area contributed by atoms with E-state index in [1.54, 1.807) is 0 Å². The summed E-state index contributed by atoms with van der Waals surface area (Å²) in [6.45, 7) is 1.81. The van der Waals surface area contributed by atoms with E-state index in [2.05, 4.69) is 0 Å². The van der Waals surface area contributed by atoms with Crippen molar-refractivity contribution in [3.63, 3.8) is 0 Å². The molecule has 0 saturated carbocycles. The van der Waals surface area contributed by atoms with Crippen molar-refractivity contribution in [2.24, 2.45) is 5.73 Å². The van der Waals surface area contributed by atoms with Crippen molar-refractivity contribution in [3.8, 4) is 0 Å². The Balaban J connectivity index is 3.01. The number of hydrogen-bond acceptors (Lipinski definition) is 4. The number of hydrogen-bond donors (Lipinski definition) is 3. The van der Waals surface area contributed by atoms with E-state index >= 15 is 0 Å². The van der Waals surface area contributed by atoms with Crippen molar-refractivity contribution in [2.45, 2.75) is 31.4 Å². The Morgan fingerprint density at radius 1 is 1.56 bits per heavy atom. The van der Waals surface area contributed by atoms with Crippen molar-refractivity contribution in [2.75, 3.05) is 0 Å². The number of aliphatic carboxylic acids is 1. The van der Waals surface area contributed by atoms with Crippen LogP contribution in [0.4, 0.5) is 0 Å². The fraction of sp³-hybridized carbons (Fsp3) is 0.455. The molecule has 1 aliphatic carbocycles. The van der Waals surface area contributed by atoms with E-state index < -0.39 is 17.6 Å². The minimum absolute atomic E-state index is 0.213. The minimum atomic E-state index is -1.61. The summed E-state index contributed by atoms with van der Waals surface area (Å²) in [6, 6.07) is 0. The molecule has 0 amide bonds. The lowest BCUT2D eigenvalue weighted by Crippen LogP contribution is -2.58. The molecule has 0 spiro atoms. The number of carbonyl (C=O) groups excluding carboxylic acids is 1. The summed E-state index contributed by atoms with van der Waals surface area (Å²) in [6.07, 6.45) is 3.31. The Bertz CT molecular complexity index is 372. The number of ketones is 1. The van der Waals surface area contributed by atoms with Crippen LogP contribution in [0.15, 0.2) is 23.8 Å². The van der Waals surface area contributed by atoms with Gasteiger partial charge < -0.3 is 15.9 Å². The predicted molar refractivity (Wildman–Crippen MR) is 57.7 cm³/mol. The van der Waals surface area contributed by atoms with Crippen LogP contribution in [0.3, 0.4) is 0 Å². The van der Waals surface area contributed by atoms with Crippen molar-refractivity contribution in [3.05, 3.63) is 23.8 Å². The molecule has 0 saturated heterocycles. The van der Waals surface area contributed by atoms with Gasteiger partial charge in [0.25, 0.3) is 0 Å². The van der Waals surface area contributed by atoms with Gasteiger partial charge in [-0.2, -0.15) is 0 Å². The molecule has 5 nitrogen and oxygen atoms in total. The van der Waals surface area contributed by atoms with E-state index in [0.29, 0.717) is 6.42 Å². The molecule has 5 heteroatoms. The number of nitrogens with two attached hydrogens (primary N) is 1. The summed E-state index contributed by atoms with van der Waals surface area (Å²) < 4.78 is 0. The number of aliphatic hydroxyl groups is 1. The van der Waals surface area contributed by atoms with Gasteiger partial charge in [0.15, 0.2) is 5.78 Å². The molecule has 0 fully saturated rings. The summed E-state index contributed by atoms with van der Waals surface area (Å²) in [5.74, 6) is -1.62. The maximum Gasteiger partial charge on any atom is 0.334 e. The lowest BCUT2D eigenvalue weighted by atomic mass is 9.79. The molecule has 2 unspecified atom stereocenters. The summed E-state index contributed by atoms with van der Waals surface area (Å²) in [5, 5.41) is 18.6. The van der Waals surface area contributed by atoms with E-state index in [0.717, 1.165) is 0 Å². The highest BCUT2D eigenvalue weighted by Crippen LogP contribution is 2.24. The SMILES string of the molecule is CCCC(=O)C1(N)C=CC=C(C(=O)O)C1O. The molecule has 4 N–H and O–H groups in total. The quantitative estimate of drug-likeness (QED) is 0.625. The normalized spacial score (nSPS) is 28.7. The Hall–Kier alpha value is -1.46. The molecule has 16 heavy (non-hydrogen) atoms. The zero-order valence-electron chi connectivity index (χ0n) is 9.01. The van der Waals surface area contributed by atoms with Gasteiger partial charge in [-0.3, -0.25) is 4.79 Å².